The minimum Gasteiger partial charge on any atom is -0.316 e. The van der Waals surface area contributed by atoms with Crippen molar-refractivity contribution in [1.82, 2.24) is 5.32 Å². The Kier molecular flexibility index (Phi) is 7.17. The lowest BCUT2D eigenvalue weighted by Gasteiger charge is -2.04. The van der Waals surface area contributed by atoms with E-state index in [-0.39, 0.29) is 23.0 Å². The second-order valence-corrected chi connectivity index (χ2v) is 8.52. The van der Waals surface area contributed by atoms with Crippen molar-refractivity contribution < 1.29 is 16.8 Å². The maximum absolute atomic E-state index is 11.1. The van der Waals surface area contributed by atoms with Gasteiger partial charge in [-0.2, -0.15) is 0 Å². The number of hydrogen-bond acceptors (Lipinski definition) is 5. The van der Waals surface area contributed by atoms with E-state index in [0.717, 1.165) is 0 Å². The van der Waals surface area contributed by atoms with Crippen molar-refractivity contribution in [2.45, 2.75) is 20.3 Å². The van der Waals surface area contributed by atoms with Crippen LogP contribution in [0.2, 0.25) is 0 Å². The zero-order valence-corrected chi connectivity index (χ0v) is 11.5. The van der Waals surface area contributed by atoms with E-state index in [1.807, 2.05) is 0 Å². The maximum atomic E-state index is 11.1. The molecular weight excluding hydrogens is 250 g/mol. The van der Waals surface area contributed by atoms with Gasteiger partial charge in [0.05, 0.1) is 11.5 Å². The van der Waals surface area contributed by atoms with E-state index in [1.54, 1.807) is 13.8 Å². The van der Waals surface area contributed by atoms with Gasteiger partial charge in [-0.3, -0.25) is 0 Å². The number of hydrogen-bond donors (Lipinski definition) is 1. The number of rotatable bonds is 9. The van der Waals surface area contributed by atoms with Crippen LogP contribution in [0.1, 0.15) is 20.3 Å². The van der Waals surface area contributed by atoms with Gasteiger partial charge in [0.25, 0.3) is 0 Å². The Hall–Kier alpha value is -0.140. The molecule has 1 N–H and O–H groups in total. The number of nitrogens with one attached hydrogen (secondary N) is 1. The molecule has 0 aromatic carbocycles. The molecule has 0 saturated heterocycles. The Labute approximate surface area is 98.5 Å². The highest BCUT2D eigenvalue weighted by Gasteiger charge is 2.07. The van der Waals surface area contributed by atoms with Crippen LogP contribution < -0.4 is 5.32 Å². The third kappa shape index (κ3) is 8.06. The van der Waals surface area contributed by atoms with E-state index in [9.17, 15) is 16.8 Å². The summed E-state index contributed by atoms with van der Waals surface area (Å²) in [5, 5.41) is 2.93. The predicted octanol–water partition coefficient (Wildman–Crippen LogP) is -0.164. The van der Waals surface area contributed by atoms with Gasteiger partial charge in [-0.15, -0.1) is 0 Å². The van der Waals surface area contributed by atoms with Crippen molar-refractivity contribution in [1.29, 1.82) is 0 Å². The standard InChI is InChI=1S/C9H21NO4S2/c1-3-15(11,12)8-5-6-10-7-9-16(13,14)4-2/h10H,3-9H2,1-2H3. The first-order chi connectivity index (χ1) is 7.33. The van der Waals surface area contributed by atoms with Gasteiger partial charge >= 0.3 is 0 Å². The van der Waals surface area contributed by atoms with Crippen LogP contribution in [0.5, 0.6) is 0 Å². The molecular formula is C9H21NO4S2. The van der Waals surface area contributed by atoms with Crippen molar-refractivity contribution in [3.63, 3.8) is 0 Å². The molecule has 0 aliphatic rings. The molecule has 0 aromatic heterocycles. The van der Waals surface area contributed by atoms with Crippen LogP contribution >= 0.6 is 0 Å². The fourth-order valence-corrected chi connectivity index (χ4v) is 2.68. The van der Waals surface area contributed by atoms with Gasteiger partial charge in [0.15, 0.2) is 9.84 Å². The summed E-state index contributed by atoms with van der Waals surface area (Å²) in [4.78, 5) is 0. The van der Waals surface area contributed by atoms with Crippen molar-refractivity contribution in [3.8, 4) is 0 Å². The quantitative estimate of drug-likeness (QED) is 0.589. The smallest absolute Gasteiger partial charge is 0.151 e. The molecule has 0 spiro atoms. The third-order valence-corrected chi connectivity index (χ3v) is 5.77. The summed E-state index contributed by atoms with van der Waals surface area (Å²) in [6.45, 7) is 4.17. The molecule has 0 rings (SSSR count). The van der Waals surface area contributed by atoms with Gasteiger partial charge in [0.1, 0.15) is 9.84 Å². The van der Waals surface area contributed by atoms with Crippen molar-refractivity contribution >= 4 is 19.7 Å². The van der Waals surface area contributed by atoms with E-state index in [1.165, 1.54) is 0 Å². The first kappa shape index (κ1) is 15.9. The molecule has 0 aliphatic carbocycles. The monoisotopic (exact) mass is 271 g/mol. The lowest BCUT2D eigenvalue weighted by atomic mass is 10.5. The van der Waals surface area contributed by atoms with Crippen molar-refractivity contribution in [3.05, 3.63) is 0 Å². The molecule has 5 nitrogen and oxygen atoms in total. The molecule has 0 heterocycles. The Morgan fingerprint density at radius 2 is 1.31 bits per heavy atom. The zero-order valence-electron chi connectivity index (χ0n) is 9.90. The van der Waals surface area contributed by atoms with Gasteiger partial charge < -0.3 is 5.32 Å². The minimum atomic E-state index is -2.92. The molecule has 0 saturated carbocycles. The van der Waals surface area contributed by atoms with Crippen molar-refractivity contribution in [2.24, 2.45) is 0 Å². The molecule has 16 heavy (non-hydrogen) atoms. The molecule has 0 aliphatic heterocycles. The maximum Gasteiger partial charge on any atom is 0.151 e. The van der Waals surface area contributed by atoms with Crippen LogP contribution in [0.15, 0.2) is 0 Å². The van der Waals surface area contributed by atoms with E-state index in [4.69, 9.17) is 0 Å². The molecule has 0 radical (unpaired) electrons. The Bertz CT molecular complexity index is 334. The van der Waals surface area contributed by atoms with Crippen LogP contribution in [0.3, 0.4) is 0 Å². The average Bonchev–Trinajstić information content (AvgIpc) is 2.23. The highest BCUT2D eigenvalue weighted by Crippen LogP contribution is 1.92. The molecule has 0 amide bonds. The first-order valence-corrected chi connectivity index (χ1v) is 9.09. The fourth-order valence-electron chi connectivity index (χ4n) is 1.06. The Morgan fingerprint density at radius 3 is 1.81 bits per heavy atom. The molecule has 0 fully saturated rings. The van der Waals surface area contributed by atoms with Crippen LogP contribution in [0.25, 0.3) is 0 Å². The summed E-state index contributed by atoms with van der Waals surface area (Å²) in [7, 11) is -5.82. The van der Waals surface area contributed by atoms with Gasteiger partial charge in [-0.1, -0.05) is 13.8 Å². The highest BCUT2D eigenvalue weighted by atomic mass is 32.2. The summed E-state index contributed by atoms with van der Waals surface area (Å²) in [5.74, 6) is 0.594. The normalized spacial score (nSPS) is 12.9. The SMILES string of the molecule is CCS(=O)(=O)CCCNCCS(=O)(=O)CC. The van der Waals surface area contributed by atoms with Gasteiger partial charge in [-0.05, 0) is 13.0 Å². The minimum absolute atomic E-state index is 0.115. The van der Waals surface area contributed by atoms with Gasteiger partial charge in [0.2, 0.25) is 0 Å². The lowest BCUT2D eigenvalue weighted by Crippen LogP contribution is -2.26. The van der Waals surface area contributed by atoms with Crippen LogP contribution in [-0.2, 0) is 19.7 Å². The summed E-state index contributed by atoms with van der Waals surface area (Å²) >= 11 is 0. The highest BCUT2D eigenvalue weighted by molar-refractivity contribution is 7.91. The molecule has 7 heteroatoms. The topological polar surface area (TPSA) is 80.3 Å². The van der Waals surface area contributed by atoms with Crippen LogP contribution in [0.4, 0.5) is 0 Å². The Balaban J connectivity index is 3.57. The third-order valence-electron chi connectivity index (χ3n) is 2.28. The average molecular weight is 271 g/mol. The summed E-state index contributed by atoms with van der Waals surface area (Å²) in [6, 6.07) is 0. The van der Waals surface area contributed by atoms with E-state index in [0.29, 0.717) is 19.5 Å². The molecule has 0 bridgehead atoms. The van der Waals surface area contributed by atoms with Crippen LogP contribution in [-0.4, -0.2) is 52.9 Å². The van der Waals surface area contributed by atoms with E-state index >= 15 is 0 Å². The van der Waals surface area contributed by atoms with Crippen molar-refractivity contribution in [2.75, 3.05) is 36.1 Å². The predicted molar refractivity (Wildman–Crippen MR) is 66.1 cm³/mol. The van der Waals surface area contributed by atoms with Gasteiger partial charge in [-0.25, -0.2) is 16.8 Å². The van der Waals surface area contributed by atoms with E-state index in [2.05, 4.69) is 5.32 Å². The fraction of sp³-hybridized carbons (Fsp3) is 1.00. The molecule has 98 valence electrons. The molecule has 0 aromatic rings. The largest absolute Gasteiger partial charge is 0.316 e. The Morgan fingerprint density at radius 1 is 0.812 bits per heavy atom. The molecule has 0 atom stereocenters. The second kappa shape index (κ2) is 7.24. The van der Waals surface area contributed by atoms with Gasteiger partial charge in [0, 0.05) is 18.1 Å². The molecule has 0 unspecified atom stereocenters. The zero-order chi connectivity index (χ0) is 12.7. The summed E-state index contributed by atoms with van der Waals surface area (Å²) < 4.78 is 44.4. The summed E-state index contributed by atoms with van der Waals surface area (Å²) in [6.07, 6.45) is 0.530. The first-order valence-electron chi connectivity index (χ1n) is 5.44. The second-order valence-electron chi connectivity index (χ2n) is 3.58. The summed E-state index contributed by atoms with van der Waals surface area (Å²) in [5.41, 5.74) is 0. The van der Waals surface area contributed by atoms with Crippen LogP contribution in [0, 0.1) is 0 Å². The van der Waals surface area contributed by atoms with E-state index < -0.39 is 19.7 Å². The lowest BCUT2D eigenvalue weighted by molar-refractivity contribution is 0.584. The number of sulfone groups is 2.